The third kappa shape index (κ3) is 5.70. The summed E-state index contributed by atoms with van der Waals surface area (Å²) in [7, 11) is 0. The lowest BCUT2D eigenvalue weighted by molar-refractivity contribution is -0.118. The van der Waals surface area contributed by atoms with Crippen molar-refractivity contribution < 1.29 is 9.59 Å². The fraction of sp³-hybridized carbons (Fsp3) is 0.375. The number of hydrogen-bond donors (Lipinski definition) is 1. The molecule has 0 radical (unpaired) electrons. The Morgan fingerprint density at radius 2 is 1.90 bits per heavy atom. The zero-order valence-corrected chi connectivity index (χ0v) is 13.7. The van der Waals surface area contributed by atoms with E-state index in [1.54, 1.807) is 13.1 Å². The van der Waals surface area contributed by atoms with Crippen LogP contribution in [0.3, 0.4) is 0 Å². The first-order valence-corrected chi connectivity index (χ1v) is 7.29. The van der Waals surface area contributed by atoms with Gasteiger partial charge < -0.3 is 10.1 Å². The van der Waals surface area contributed by atoms with Crippen molar-refractivity contribution >= 4 is 33.7 Å². The molecule has 0 atom stereocenters. The molecule has 0 aliphatic heterocycles. The van der Waals surface area contributed by atoms with Gasteiger partial charge in [0.15, 0.2) is 5.78 Å². The second-order valence-electron chi connectivity index (χ2n) is 5.61. The summed E-state index contributed by atoms with van der Waals surface area (Å²) in [6, 6.07) is 7.71. The minimum atomic E-state index is -0.286. The number of halogens is 1. The van der Waals surface area contributed by atoms with E-state index in [2.05, 4.69) is 21.2 Å². The Hall–Kier alpha value is -1.42. The highest BCUT2D eigenvalue weighted by Gasteiger charge is 2.22. The van der Waals surface area contributed by atoms with Crippen LogP contribution in [0.2, 0.25) is 0 Å². The number of allylic oxidation sites excluding steroid dienone is 1. The monoisotopic (exact) mass is 337 g/mol. The summed E-state index contributed by atoms with van der Waals surface area (Å²) in [6.45, 7) is 5.63. The smallest absolute Gasteiger partial charge is 0.160 e. The Balaban J connectivity index is 2.62. The van der Waals surface area contributed by atoms with Crippen LogP contribution in [-0.4, -0.2) is 12.1 Å². The summed E-state index contributed by atoms with van der Waals surface area (Å²) in [6.07, 6.45) is 3.34. The summed E-state index contributed by atoms with van der Waals surface area (Å²) in [5, 5.41) is 3.10. The van der Waals surface area contributed by atoms with Crippen LogP contribution in [0.15, 0.2) is 40.5 Å². The largest absolute Gasteiger partial charge is 0.361 e. The molecule has 0 spiro atoms. The molecular formula is C16H20BrNO2. The summed E-state index contributed by atoms with van der Waals surface area (Å²) >= 11 is 3.37. The highest BCUT2D eigenvalue weighted by Crippen LogP contribution is 2.25. The van der Waals surface area contributed by atoms with Crippen molar-refractivity contribution in [3.63, 3.8) is 0 Å². The first-order chi connectivity index (χ1) is 9.34. The van der Waals surface area contributed by atoms with E-state index in [4.69, 9.17) is 0 Å². The second kappa shape index (κ2) is 7.39. The summed E-state index contributed by atoms with van der Waals surface area (Å²) in [4.78, 5) is 22.6. The van der Waals surface area contributed by atoms with Crippen molar-refractivity contribution in [2.75, 3.05) is 5.32 Å². The maximum absolute atomic E-state index is 12.1. The summed E-state index contributed by atoms with van der Waals surface area (Å²) < 4.78 is 1.01. The molecule has 1 N–H and O–H groups in total. The lowest BCUT2D eigenvalue weighted by Gasteiger charge is -2.20. The highest BCUT2D eigenvalue weighted by atomic mass is 79.9. The molecule has 0 bridgehead atoms. The van der Waals surface area contributed by atoms with Gasteiger partial charge in [0.05, 0.1) is 0 Å². The molecule has 0 unspecified atom stereocenters. The van der Waals surface area contributed by atoms with Gasteiger partial charge in [-0.2, -0.15) is 0 Å². The Kier molecular flexibility index (Phi) is 6.14. The molecule has 1 aromatic rings. The number of aldehydes is 1. The fourth-order valence-corrected chi connectivity index (χ4v) is 1.95. The van der Waals surface area contributed by atoms with Gasteiger partial charge in [0, 0.05) is 34.8 Å². The van der Waals surface area contributed by atoms with Crippen LogP contribution >= 0.6 is 15.9 Å². The Morgan fingerprint density at radius 3 is 2.45 bits per heavy atom. The topological polar surface area (TPSA) is 46.2 Å². The quantitative estimate of drug-likeness (QED) is 0.594. The number of nitrogens with one attached hydrogen (secondary N) is 1. The molecule has 0 aliphatic carbocycles. The van der Waals surface area contributed by atoms with Crippen LogP contribution in [-0.2, 0) is 9.59 Å². The zero-order valence-electron chi connectivity index (χ0n) is 12.1. The molecule has 0 amide bonds. The summed E-state index contributed by atoms with van der Waals surface area (Å²) in [5.41, 5.74) is 1.30. The van der Waals surface area contributed by atoms with Gasteiger partial charge in [0.1, 0.15) is 6.29 Å². The molecule has 3 nitrogen and oxygen atoms in total. The molecule has 0 fully saturated rings. The van der Waals surface area contributed by atoms with Crippen molar-refractivity contribution in [2.45, 2.75) is 33.6 Å². The maximum atomic E-state index is 12.1. The molecule has 4 heteroatoms. The van der Waals surface area contributed by atoms with Crippen molar-refractivity contribution in [1.82, 2.24) is 0 Å². The van der Waals surface area contributed by atoms with Crippen molar-refractivity contribution in [3.05, 3.63) is 40.5 Å². The van der Waals surface area contributed by atoms with Gasteiger partial charge in [-0.25, -0.2) is 0 Å². The number of ketones is 1. The Bertz CT molecular complexity index is 504. The Labute approximate surface area is 128 Å². The van der Waals surface area contributed by atoms with Crippen LogP contribution in [0.1, 0.15) is 33.6 Å². The highest BCUT2D eigenvalue weighted by molar-refractivity contribution is 9.10. The first-order valence-electron chi connectivity index (χ1n) is 6.50. The van der Waals surface area contributed by atoms with Crippen LogP contribution in [0.4, 0.5) is 5.69 Å². The number of hydrogen-bond acceptors (Lipinski definition) is 3. The third-order valence-electron chi connectivity index (χ3n) is 3.01. The second-order valence-corrected chi connectivity index (χ2v) is 6.53. The van der Waals surface area contributed by atoms with E-state index >= 15 is 0 Å². The third-order valence-corrected chi connectivity index (χ3v) is 3.54. The van der Waals surface area contributed by atoms with Gasteiger partial charge in [-0.15, -0.1) is 0 Å². The fourth-order valence-electron chi connectivity index (χ4n) is 1.69. The van der Waals surface area contributed by atoms with Crippen molar-refractivity contribution in [3.8, 4) is 0 Å². The minimum absolute atomic E-state index is 0.0569. The first kappa shape index (κ1) is 16.6. The molecule has 1 rings (SSSR count). The van der Waals surface area contributed by atoms with Crippen LogP contribution in [0, 0.1) is 5.41 Å². The average Bonchev–Trinajstić information content (AvgIpc) is 2.37. The van der Waals surface area contributed by atoms with Crippen molar-refractivity contribution in [1.29, 1.82) is 0 Å². The number of Topliss-reactive ketones (excluding diaryl/α,β-unsaturated/α-hetero) is 1. The molecule has 0 aromatic heterocycles. The number of benzene rings is 1. The van der Waals surface area contributed by atoms with Crippen LogP contribution in [0.25, 0.3) is 0 Å². The van der Waals surface area contributed by atoms with E-state index < -0.39 is 0 Å². The molecule has 0 saturated carbocycles. The van der Waals surface area contributed by atoms with E-state index in [1.165, 1.54) is 0 Å². The van der Waals surface area contributed by atoms with Crippen LogP contribution in [0.5, 0.6) is 0 Å². The number of carbonyl (C=O) groups excluding carboxylic acids is 2. The van der Waals surface area contributed by atoms with Crippen molar-refractivity contribution in [2.24, 2.45) is 5.41 Å². The molecule has 108 valence electrons. The molecule has 0 aliphatic rings. The minimum Gasteiger partial charge on any atom is -0.361 e. The molecule has 0 heterocycles. The van der Waals surface area contributed by atoms with E-state index in [1.807, 2.05) is 38.1 Å². The van der Waals surface area contributed by atoms with Gasteiger partial charge >= 0.3 is 0 Å². The molecule has 20 heavy (non-hydrogen) atoms. The van der Waals surface area contributed by atoms with E-state index in [0.717, 1.165) is 16.4 Å². The zero-order chi connectivity index (χ0) is 15.2. The lowest BCUT2D eigenvalue weighted by Crippen LogP contribution is -2.18. The standard InChI is InChI=1S/C16H20BrNO2/c1-12(15(20)10-16(2,3)8-9-19)11-18-14-6-4-13(17)5-7-14/h4-7,9,11,18H,8,10H2,1-3H3/b12-11+. The molecule has 0 saturated heterocycles. The van der Waals surface area contributed by atoms with Crippen LogP contribution < -0.4 is 5.32 Å². The van der Waals surface area contributed by atoms with E-state index in [9.17, 15) is 9.59 Å². The van der Waals surface area contributed by atoms with Gasteiger partial charge in [0.2, 0.25) is 0 Å². The molecular weight excluding hydrogens is 318 g/mol. The van der Waals surface area contributed by atoms with Gasteiger partial charge in [-0.3, -0.25) is 4.79 Å². The number of anilines is 1. The number of rotatable bonds is 7. The average molecular weight is 338 g/mol. The maximum Gasteiger partial charge on any atom is 0.160 e. The van der Waals surface area contributed by atoms with Gasteiger partial charge in [-0.1, -0.05) is 29.8 Å². The SMILES string of the molecule is C/C(=C\Nc1ccc(Br)cc1)C(=O)CC(C)(C)CC=O. The molecule has 1 aromatic carbocycles. The summed E-state index contributed by atoms with van der Waals surface area (Å²) in [5.74, 6) is 0.0569. The van der Waals surface area contributed by atoms with E-state index in [-0.39, 0.29) is 11.2 Å². The number of carbonyl (C=O) groups is 2. The van der Waals surface area contributed by atoms with Gasteiger partial charge in [0.25, 0.3) is 0 Å². The normalized spacial score (nSPS) is 12.1. The predicted molar refractivity (Wildman–Crippen MR) is 85.6 cm³/mol. The van der Waals surface area contributed by atoms with E-state index in [0.29, 0.717) is 18.4 Å². The Morgan fingerprint density at radius 1 is 1.30 bits per heavy atom. The lowest BCUT2D eigenvalue weighted by atomic mass is 9.83. The van der Waals surface area contributed by atoms with Gasteiger partial charge in [-0.05, 0) is 36.6 Å². The predicted octanol–water partition coefficient (Wildman–Crippen LogP) is 4.34.